The fraction of sp³-hybridized carbons (Fsp3) is 0.143. The summed E-state index contributed by atoms with van der Waals surface area (Å²) in [5.41, 5.74) is 12.6. The van der Waals surface area contributed by atoms with Crippen LogP contribution in [0.15, 0.2) is 36.4 Å². The third kappa shape index (κ3) is 2.64. The van der Waals surface area contributed by atoms with E-state index in [-0.39, 0.29) is 5.69 Å². The average Bonchev–Trinajstić information content (AvgIpc) is 2.47. The molecule has 0 saturated heterocycles. The maximum atomic E-state index is 11.2. The third-order valence-corrected chi connectivity index (χ3v) is 2.94. The lowest BCUT2D eigenvalue weighted by Gasteiger charge is -2.20. The number of rotatable bonds is 4. The van der Waals surface area contributed by atoms with E-state index in [0.29, 0.717) is 11.5 Å². The Hall–Kier alpha value is -2.76. The molecule has 1 amide bonds. The van der Waals surface area contributed by atoms with Gasteiger partial charge in [-0.3, -0.25) is 4.79 Å². The van der Waals surface area contributed by atoms with Crippen LogP contribution in [0.25, 0.3) is 0 Å². The Kier molecular flexibility index (Phi) is 3.74. The summed E-state index contributed by atoms with van der Waals surface area (Å²) in [4.78, 5) is 17.2. The van der Waals surface area contributed by atoms with Crippen molar-refractivity contribution < 1.29 is 9.53 Å². The van der Waals surface area contributed by atoms with Gasteiger partial charge in [-0.1, -0.05) is 0 Å². The van der Waals surface area contributed by atoms with Gasteiger partial charge in [0.05, 0.1) is 12.8 Å². The zero-order valence-corrected chi connectivity index (χ0v) is 11.3. The standard InChI is InChI=1S/C14H16N4O2/c1-18(9-3-5-10(20-2)6-4-9)14-11(15)7-8-12(17-14)13(16)19/h3-8H,15H2,1-2H3,(H2,16,19). The van der Waals surface area contributed by atoms with E-state index in [4.69, 9.17) is 16.2 Å². The van der Waals surface area contributed by atoms with Crippen LogP contribution >= 0.6 is 0 Å². The van der Waals surface area contributed by atoms with Gasteiger partial charge in [0.25, 0.3) is 5.91 Å². The maximum absolute atomic E-state index is 11.2. The second-order valence-corrected chi connectivity index (χ2v) is 4.23. The van der Waals surface area contributed by atoms with E-state index in [2.05, 4.69) is 4.98 Å². The molecule has 0 bridgehead atoms. The molecule has 0 radical (unpaired) electrons. The monoisotopic (exact) mass is 272 g/mol. The third-order valence-electron chi connectivity index (χ3n) is 2.94. The van der Waals surface area contributed by atoms with E-state index >= 15 is 0 Å². The van der Waals surface area contributed by atoms with Crippen molar-refractivity contribution in [2.75, 3.05) is 24.8 Å². The number of anilines is 3. The molecule has 1 heterocycles. The summed E-state index contributed by atoms with van der Waals surface area (Å²) in [6, 6.07) is 10.5. The Morgan fingerprint density at radius 2 is 1.85 bits per heavy atom. The van der Waals surface area contributed by atoms with Crippen LogP contribution in [-0.4, -0.2) is 25.0 Å². The number of nitrogen functional groups attached to an aromatic ring is 1. The molecule has 0 unspecified atom stereocenters. The smallest absolute Gasteiger partial charge is 0.267 e. The first kappa shape index (κ1) is 13.7. The summed E-state index contributed by atoms with van der Waals surface area (Å²) in [6.07, 6.45) is 0. The van der Waals surface area contributed by atoms with Crippen molar-refractivity contribution in [1.82, 2.24) is 4.98 Å². The predicted molar refractivity (Wildman–Crippen MR) is 78.2 cm³/mol. The number of amides is 1. The van der Waals surface area contributed by atoms with Gasteiger partial charge >= 0.3 is 0 Å². The van der Waals surface area contributed by atoms with Crippen molar-refractivity contribution in [3.63, 3.8) is 0 Å². The summed E-state index contributed by atoms with van der Waals surface area (Å²) in [7, 11) is 3.42. The summed E-state index contributed by atoms with van der Waals surface area (Å²) in [5.74, 6) is 0.648. The molecular formula is C14H16N4O2. The fourth-order valence-electron chi connectivity index (χ4n) is 1.79. The fourth-order valence-corrected chi connectivity index (χ4v) is 1.79. The molecule has 0 fully saturated rings. The van der Waals surface area contributed by atoms with Crippen LogP contribution in [-0.2, 0) is 0 Å². The Balaban J connectivity index is 2.38. The average molecular weight is 272 g/mol. The molecule has 104 valence electrons. The number of nitrogens with two attached hydrogens (primary N) is 2. The zero-order chi connectivity index (χ0) is 14.7. The van der Waals surface area contributed by atoms with Gasteiger partial charge in [0.15, 0.2) is 5.82 Å². The lowest BCUT2D eigenvalue weighted by atomic mass is 10.2. The number of carbonyl (C=O) groups excluding carboxylic acids is 1. The summed E-state index contributed by atoms with van der Waals surface area (Å²) >= 11 is 0. The van der Waals surface area contributed by atoms with Crippen molar-refractivity contribution >= 4 is 23.1 Å². The molecule has 0 saturated carbocycles. The molecule has 4 N–H and O–H groups in total. The van der Waals surface area contributed by atoms with Crippen molar-refractivity contribution in [2.45, 2.75) is 0 Å². The highest BCUT2D eigenvalue weighted by molar-refractivity contribution is 5.92. The highest BCUT2D eigenvalue weighted by atomic mass is 16.5. The van der Waals surface area contributed by atoms with Crippen LogP contribution in [0.2, 0.25) is 0 Å². The van der Waals surface area contributed by atoms with Crippen molar-refractivity contribution in [3.05, 3.63) is 42.1 Å². The van der Waals surface area contributed by atoms with E-state index in [0.717, 1.165) is 11.4 Å². The van der Waals surface area contributed by atoms with Crippen LogP contribution in [0.5, 0.6) is 5.75 Å². The Morgan fingerprint density at radius 1 is 1.20 bits per heavy atom. The number of hydrogen-bond acceptors (Lipinski definition) is 5. The molecule has 2 aromatic rings. The first-order valence-corrected chi connectivity index (χ1v) is 5.97. The second kappa shape index (κ2) is 5.48. The molecule has 2 rings (SSSR count). The molecule has 6 nitrogen and oxygen atoms in total. The lowest BCUT2D eigenvalue weighted by Crippen LogP contribution is -2.18. The van der Waals surface area contributed by atoms with E-state index in [1.165, 1.54) is 6.07 Å². The van der Waals surface area contributed by atoms with Crippen LogP contribution < -0.4 is 21.1 Å². The van der Waals surface area contributed by atoms with Crippen LogP contribution in [0, 0.1) is 0 Å². The van der Waals surface area contributed by atoms with Gasteiger partial charge in [-0.05, 0) is 36.4 Å². The minimum absolute atomic E-state index is 0.176. The number of pyridine rings is 1. The van der Waals surface area contributed by atoms with Crippen molar-refractivity contribution in [2.24, 2.45) is 5.73 Å². The van der Waals surface area contributed by atoms with E-state index in [1.807, 2.05) is 31.3 Å². The number of ether oxygens (including phenoxy) is 1. The Morgan fingerprint density at radius 3 is 2.40 bits per heavy atom. The molecule has 1 aromatic heterocycles. The highest BCUT2D eigenvalue weighted by Gasteiger charge is 2.12. The summed E-state index contributed by atoms with van der Waals surface area (Å²) < 4.78 is 5.11. The van der Waals surface area contributed by atoms with Crippen LogP contribution in [0.4, 0.5) is 17.2 Å². The molecular weight excluding hydrogens is 256 g/mol. The number of primary amides is 1. The second-order valence-electron chi connectivity index (χ2n) is 4.23. The largest absolute Gasteiger partial charge is 0.497 e. The SMILES string of the molecule is COc1ccc(N(C)c2nc(C(N)=O)ccc2N)cc1. The molecule has 1 aromatic carbocycles. The molecule has 20 heavy (non-hydrogen) atoms. The minimum Gasteiger partial charge on any atom is -0.497 e. The number of methoxy groups -OCH3 is 1. The maximum Gasteiger partial charge on any atom is 0.267 e. The first-order chi connectivity index (χ1) is 9.52. The van der Waals surface area contributed by atoms with Crippen LogP contribution in [0.3, 0.4) is 0 Å². The van der Waals surface area contributed by atoms with Crippen molar-refractivity contribution in [1.29, 1.82) is 0 Å². The normalized spacial score (nSPS) is 10.1. The highest BCUT2D eigenvalue weighted by Crippen LogP contribution is 2.28. The van der Waals surface area contributed by atoms with E-state index in [1.54, 1.807) is 18.1 Å². The topological polar surface area (TPSA) is 94.5 Å². The Bertz CT molecular complexity index is 626. The Labute approximate surface area is 117 Å². The van der Waals surface area contributed by atoms with Crippen molar-refractivity contribution in [3.8, 4) is 5.75 Å². The quantitative estimate of drug-likeness (QED) is 0.880. The molecule has 6 heteroatoms. The molecule has 0 spiro atoms. The van der Waals surface area contributed by atoms with Gasteiger partial charge in [-0.25, -0.2) is 4.98 Å². The predicted octanol–water partition coefficient (Wildman–Crippen LogP) is 1.54. The summed E-state index contributed by atoms with van der Waals surface area (Å²) in [5, 5.41) is 0. The first-order valence-electron chi connectivity index (χ1n) is 5.97. The van der Waals surface area contributed by atoms with E-state index < -0.39 is 5.91 Å². The number of nitrogens with zero attached hydrogens (tertiary/aromatic N) is 2. The summed E-state index contributed by atoms with van der Waals surface area (Å²) in [6.45, 7) is 0. The van der Waals surface area contributed by atoms with Gasteiger partial charge in [-0.2, -0.15) is 0 Å². The number of hydrogen-bond donors (Lipinski definition) is 2. The van der Waals surface area contributed by atoms with E-state index in [9.17, 15) is 4.79 Å². The van der Waals surface area contributed by atoms with Gasteiger partial charge < -0.3 is 21.1 Å². The molecule has 0 aliphatic rings. The van der Waals surface area contributed by atoms with Crippen LogP contribution in [0.1, 0.15) is 10.5 Å². The van der Waals surface area contributed by atoms with Gasteiger partial charge in [-0.15, -0.1) is 0 Å². The molecule has 0 aliphatic heterocycles. The lowest BCUT2D eigenvalue weighted by molar-refractivity contribution is 0.0995. The molecule has 0 aliphatic carbocycles. The number of carbonyl (C=O) groups is 1. The van der Waals surface area contributed by atoms with Gasteiger partial charge in [0.1, 0.15) is 11.4 Å². The zero-order valence-electron chi connectivity index (χ0n) is 11.3. The number of aromatic nitrogens is 1. The van der Waals surface area contributed by atoms with Gasteiger partial charge in [0, 0.05) is 12.7 Å². The number of benzene rings is 1. The van der Waals surface area contributed by atoms with Gasteiger partial charge in [0.2, 0.25) is 0 Å². The molecule has 0 atom stereocenters. The minimum atomic E-state index is -0.589.